The van der Waals surface area contributed by atoms with Crippen molar-refractivity contribution in [3.63, 3.8) is 0 Å². The Morgan fingerprint density at radius 1 is 0.935 bits per heavy atom. The van der Waals surface area contributed by atoms with Crippen molar-refractivity contribution < 1.29 is 56.5 Å². The van der Waals surface area contributed by atoms with Gasteiger partial charge in [-0.2, -0.15) is 0 Å². The van der Waals surface area contributed by atoms with Crippen molar-refractivity contribution in [2.24, 2.45) is 23.2 Å². The van der Waals surface area contributed by atoms with Crippen LogP contribution in [0, 0.1) is 23.2 Å². The van der Waals surface area contributed by atoms with Crippen LogP contribution in [-0.4, -0.2) is 37.1 Å². The molecule has 0 saturated heterocycles. The van der Waals surface area contributed by atoms with E-state index in [9.17, 15) is 22.6 Å². The zero-order valence-electron chi connectivity index (χ0n) is 27.0. The van der Waals surface area contributed by atoms with Gasteiger partial charge in [-0.15, -0.1) is 0 Å². The molecule has 0 spiro atoms. The number of fused-ring (bicyclic) bond motifs is 1. The molecule has 1 fully saturated rings. The first kappa shape index (κ1) is 35.9. The SMILES string of the molecule is CC(C)(C)C1CCC(C(Cc2ccc(C(=O)NCCS(=O)(=O)[O-])cc2)C(=O)Nc2ccc(-c3cc4ccccc4o3)cc2)CC1.[Na+]. The summed E-state index contributed by atoms with van der Waals surface area (Å²) in [6.07, 6.45) is 4.66. The molecule has 1 aromatic heterocycles. The average molecular weight is 653 g/mol. The van der Waals surface area contributed by atoms with E-state index in [-0.39, 0.29) is 59.3 Å². The maximum Gasteiger partial charge on any atom is 1.00 e. The van der Waals surface area contributed by atoms with Crippen LogP contribution in [0.3, 0.4) is 0 Å². The number of hydrogen-bond acceptors (Lipinski definition) is 6. The Balaban J connectivity index is 0.00000480. The number of amides is 2. The fourth-order valence-corrected chi connectivity index (χ4v) is 6.73. The van der Waals surface area contributed by atoms with Crippen LogP contribution < -0.4 is 40.2 Å². The molecule has 2 amide bonds. The number of rotatable bonds is 10. The molecule has 0 aliphatic heterocycles. The summed E-state index contributed by atoms with van der Waals surface area (Å²) in [6, 6.07) is 24.6. The van der Waals surface area contributed by atoms with Crippen molar-refractivity contribution in [1.82, 2.24) is 5.32 Å². The molecule has 1 aliphatic carbocycles. The molecule has 4 aromatic rings. The minimum absolute atomic E-state index is 0. The van der Waals surface area contributed by atoms with E-state index in [0.717, 1.165) is 59.2 Å². The van der Waals surface area contributed by atoms with Gasteiger partial charge in [0.25, 0.3) is 5.91 Å². The van der Waals surface area contributed by atoms with Crippen molar-refractivity contribution in [2.75, 3.05) is 17.6 Å². The molecule has 1 heterocycles. The molecule has 0 radical (unpaired) electrons. The summed E-state index contributed by atoms with van der Waals surface area (Å²) in [6.45, 7) is 6.61. The van der Waals surface area contributed by atoms with Gasteiger partial charge >= 0.3 is 29.6 Å². The third kappa shape index (κ3) is 9.55. The summed E-state index contributed by atoms with van der Waals surface area (Å²) in [5.74, 6) is 0.247. The Morgan fingerprint density at radius 3 is 2.20 bits per heavy atom. The first-order valence-corrected chi connectivity index (χ1v) is 17.1. The first-order valence-electron chi connectivity index (χ1n) is 15.6. The fraction of sp³-hybridized carbons (Fsp3) is 0.389. The second-order valence-electron chi connectivity index (χ2n) is 13.2. The first-order chi connectivity index (χ1) is 21.4. The maximum absolute atomic E-state index is 13.9. The summed E-state index contributed by atoms with van der Waals surface area (Å²) >= 11 is 0. The van der Waals surface area contributed by atoms with Gasteiger partial charge in [-0.05, 0) is 103 Å². The van der Waals surface area contributed by atoms with Gasteiger partial charge in [-0.3, -0.25) is 9.59 Å². The monoisotopic (exact) mass is 652 g/mol. The van der Waals surface area contributed by atoms with Gasteiger partial charge in [0.2, 0.25) is 5.91 Å². The van der Waals surface area contributed by atoms with E-state index in [1.807, 2.05) is 66.7 Å². The molecule has 8 nitrogen and oxygen atoms in total. The van der Waals surface area contributed by atoms with Gasteiger partial charge in [0.1, 0.15) is 11.3 Å². The number of benzene rings is 3. The number of anilines is 1. The molecule has 2 N–H and O–H groups in total. The minimum Gasteiger partial charge on any atom is -0.748 e. The fourth-order valence-electron chi connectivity index (χ4n) is 6.38. The summed E-state index contributed by atoms with van der Waals surface area (Å²) in [5.41, 5.74) is 4.02. The van der Waals surface area contributed by atoms with E-state index in [2.05, 4.69) is 31.4 Å². The van der Waals surface area contributed by atoms with E-state index in [1.54, 1.807) is 12.1 Å². The Hall–Kier alpha value is -2.95. The molecule has 46 heavy (non-hydrogen) atoms. The van der Waals surface area contributed by atoms with Crippen LogP contribution >= 0.6 is 0 Å². The molecule has 5 rings (SSSR count). The van der Waals surface area contributed by atoms with Gasteiger partial charge in [0.05, 0.1) is 15.9 Å². The zero-order chi connectivity index (χ0) is 32.2. The number of carbonyl (C=O) groups excluding carboxylic acids is 2. The molecule has 1 aliphatic rings. The van der Waals surface area contributed by atoms with Crippen LogP contribution in [0.2, 0.25) is 0 Å². The second kappa shape index (κ2) is 15.3. The molecular weight excluding hydrogens is 611 g/mol. The molecule has 1 saturated carbocycles. The van der Waals surface area contributed by atoms with Crippen LogP contribution in [0.5, 0.6) is 0 Å². The van der Waals surface area contributed by atoms with E-state index in [4.69, 9.17) is 4.42 Å². The third-order valence-corrected chi connectivity index (χ3v) is 9.78. The number of carbonyl (C=O) groups is 2. The predicted octanol–water partition coefficient (Wildman–Crippen LogP) is 4.03. The topological polar surface area (TPSA) is 129 Å². The number of hydrogen-bond donors (Lipinski definition) is 2. The van der Waals surface area contributed by atoms with Crippen LogP contribution in [0.1, 0.15) is 62.4 Å². The van der Waals surface area contributed by atoms with Crippen molar-refractivity contribution in [3.05, 3.63) is 90.0 Å². The van der Waals surface area contributed by atoms with Crippen LogP contribution in [0.15, 0.2) is 83.3 Å². The molecule has 3 aromatic carbocycles. The summed E-state index contributed by atoms with van der Waals surface area (Å²) in [4.78, 5) is 26.3. The quantitative estimate of drug-likeness (QED) is 0.197. The summed E-state index contributed by atoms with van der Waals surface area (Å²) in [7, 11) is -4.40. The normalized spacial score (nSPS) is 17.6. The van der Waals surface area contributed by atoms with E-state index < -0.39 is 21.8 Å². The molecular formula is C36H41N2NaO6S. The summed E-state index contributed by atoms with van der Waals surface area (Å²) in [5, 5.41) is 6.66. The molecule has 10 heteroatoms. The summed E-state index contributed by atoms with van der Waals surface area (Å²) < 4.78 is 38.5. The Bertz CT molecular complexity index is 1700. The van der Waals surface area contributed by atoms with Crippen molar-refractivity contribution in [1.29, 1.82) is 0 Å². The molecule has 238 valence electrons. The molecule has 1 atom stereocenters. The van der Waals surface area contributed by atoms with Crippen LogP contribution in [0.4, 0.5) is 5.69 Å². The Kier molecular flexibility index (Phi) is 11.9. The third-order valence-electron chi connectivity index (χ3n) is 9.07. The van der Waals surface area contributed by atoms with Crippen molar-refractivity contribution in [2.45, 2.75) is 52.9 Å². The van der Waals surface area contributed by atoms with Crippen LogP contribution in [-0.2, 0) is 21.3 Å². The molecule has 1 unspecified atom stereocenters. The number of para-hydroxylation sites is 1. The average Bonchev–Trinajstić information content (AvgIpc) is 3.44. The van der Waals surface area contributed by atoms with Gasteiger partial charge in [-0.25, -0.2) is 8.42 Å². The maximum atomic E-state index is 13.9. The van der Waals surface area contributed by atoms with Crippen molar-refractivity contribution >= 4 is 38.6 Å². The van der Waals surface area contributed by atoms with Gasteiger partial charge in [0.15, 0.2) is 0 Å². The smallest absolute Gasteiger partial charge is 0.748 e. The van der Waals surface area contributed by atoms with E-state index in [0.29, 0.717) is 17.9 Å². The van der Waals surface area contributed by atoms with Crippen LogP contribution in [0.25, 0.3) is 22.3 Å². The number of furan rings is 1. The predicted molar refractivity (Wildman–Crippen MR) is 176 cm³/mol. The standard InChI is InChI=1S/C36H42N2O6S.Na/c1-36(2,3)29-16-12-25(13-17-29)31(22-24-8-10-27(11-9-24)34(39)37-20-21-45(41,42)43)35(40)38-30-18-14-26(15-19-30)33-23-28-6-4-5-7-32(28)44-33;/h4-11,14-15,18-19,23,25,29,31H,12-13,16-17,20-22H2,1-3H3,(H,37,39)(H,38,40)(H,41,42,43);/q;+1/p-1. The number of nitrogens with one attached hydrogen (secondary N) is 2. The Labute approximate surface area is 293 Å². The van der Waals surface area contributed by atoms with Crippen molar-refractivity contribution in [3.8, 4) is 11.3 Å². The van der Waals surface area contributed by atoms with Gasteiger partial charge in [-0.1, -0.05) is 51.1 Å². The van der Waals surface area contributed by atoms with Gasteiger partial charge in [0, 0.05) is 34.7 Å². The van der Waals surface area contributed by atoms with Gasteiger partial charge < -0.3 is 19.6 Å². The zero-order valence-corrected chi connectivity index (χ0v) is 29.9. The molecule has 0 bridgehead atoms. The Morgan fingerprint density at radius 2 is 1.59 bits per heavy atom. The minimum atomic E-state index is -4.40. The second-order valence-corrected chi connectivity index (χ2v) is 14.7. The largest absolute Gasteiger partial charge is 1.00 e. The van der Waals surface area contributed by atoms with E-state index >= 15 is 0 Å². The van der Waals surface area contributed by atoms with E-state index in [1.165, 1.54) is 0 Å².